The lowest BCUT2D eigenvalue weighted by atomic mass is 10.1. The van der Waals surface area contributed by atoms with Crippen LogP contribution in [0.25, 0.3) is 0 Å². The molecule has 6 heteroatoms. The minimum atomic E-state index is -0.643. The summed E-state index contributed by atoms with van der Waals surface area (Å²) in [4.78, 5) is 23.3. The van der Waals surface area contributed by atoms with Crippen molar-refractivity contribution in [3.8, 4) is 0 Å². The zero-order valence-electron chi connectivity index (χ0n) is 11.9. The lowest BCUT2D eigenvalue weighted by molar-refractivity contribution is -0.122. The van der Waals surface area contributed by atoms with Gasteiger partial charge in [0.25, 0.3) is 5.91 Å². The molecule has 5 nitrogen and oxygen atoms in total. The number of halogens is 1. The van der Waals surface area contributed by atoms with Gasteiger partial charge in [0.15, 0.2) is 0 Å². The zero-order chi connectivity index (χ0) is 15.3. The van der Waals surface area contributed by atoms with Crippen molar-refractivity contribution in [2.24, 2.45) is 0 Å². The molecule has 0 fully saturated rings. The average Bonchev–Trinajstić information content (AvgIpc) is 2.29. The highest BCUT2D eigenvalue weighted by atomic mass is 19.1. The molecule has 0 aliphatic rings. The first kappa shape index (κ1) is 15.9. The first-order valence-corrected chi connectivity index (χ1v) is 6.33. The maximum absolute atomic E-state index is 13.4. The normalized spacial score (nSPS) is 11.0. The van der Waals surface area contributed by atoms with Gasteiger partial charge in [0, 0.05) is 24.2 Å². The molecule has 0 saturated heterocycles. The highest BCUT2D eigenvalue weighted by Crippen LogP contribution is 2.11. The van der Waals surface area contributed by atoms with Gasteiger partial charge < -0.3 is 16.4 Å². The topological polar surface area (TPSA) is 84.2 Å². The molecule has 1 aromatic carbocycles. The van der Waals surface area contributed by atoms with E-state index in [9.17, 15) is 14.0 Å². The maximum atomic E-state index is 13.4. The van der Waals surface area contributed by atoms with Gasteiger partial charge in [-0.3, -0.25) is 9.59 Å². The molecule has 2 amide bonds. The van der Waals surface area contributed by atoms with Crippen LogP contribution in [0.1, 0.15) is 37.6 Å². The molecule has 0 atom stereocenters. The lowest BCUT2D eigenvalue weighted by Crippen LogP contribution is -2.42. The van der Waals surface area contributed by atoms with Gasteiger partial charge in [0.1, 0.15) is 5.82 Å². The Bertz CT molecular complexity index is 510. The first-order chi connectivity index (χ1) is 9.19. The molecule has 0 unspecified atom stereocenters. The summed E-state index contributed by atoms with van der Waals surface area (Å²) in [6, 6.07) is 3.78. The Labute approximate surface area is 117 Å². The van der Waals surface area contributed by atoms with Crippen LogP contribution in [0.3, 0.4) is 0 Å². The fourth-order valence-electron chi connectivity index (χ4n) is 1.58. The van der Waals surface area contributed by atoms with Gasteiger partial charge >= 0.3 is 0 Å². The van der Waals surface area contributed by atoms with Gasteiger partial charge in [-0.2, -0.15) is 0 Å². The van der Waals surface area contributed by atoms with Crippen LogP contribution in [0.5, 0.6) is 0 Å². The van der Waals surface area contributed by atoms with E-state index in [-0.39, 0.29) is 30.0 Å². The molecule has 0 heterocycles. The van der Waals surface area contributed by atoms with E-state index in [1.165, 1.54) is 12.1 Å². The maximum Gasteiger partial charge on any atom is 0.254 e. The number of carbonyl (C=O) groups is 2. The molecule has 1 aromatic rings. The molecule has 0 radical (unpaired) electrons. The minimum absolute atomic E-state index is 0.124. The van der Waals surface area contributed by atoms with E-state index < -0.39 is 11.7 Å². The van der Waals surface area contributed by atoms with E-state index >= 15 is 0 Å². The van der Waals surface area contributed by atoms with E-state index in [4.69, 9.17) is 5.73 Å². The fraction of sp³-hybridized carbons (Fsp3) is 0.429. The third kappa shape index (κ3) is 5.26. The molecule has 0 aliphatic carbocycles. The number of nitrogen functional groups attached to an aromatic ring is 1. The summed E-state index contributed by atoms with van der Waals surface area (Å²) in [5, 5.41) is 5.26. The zero-order valence-corrected chi connectivity index (χ0v) is 11.9. The minimum Gasteiger partial charge on any atom is -0.399 e. The summed E-state index contributed by atoms with van der Waals surface area (Å²) in [5.41, 5.74) is 5.37. The van der Waals surface area contributed by atoms with Gasteiger partial charge in [0.2, 0.25) is 5.91 Å². The molecule has 0 aliphatic heterocycles. The van der Waals surface area contributed by atoms with Gasteiger partial charge in [-0.25, -0.2) is 4.39 Å². The van der Waals surface area contributed by atoms with Gasteiger partial charge in [0.05, 0.1) is 5.56 Å². The van der Waals surface area contributed by atoms with Crippen molar-refractivity contribution in [1.82, 2.24) is 10.6 Å². The molecule has 0 spiro atoms. The van der Waals surface area contributed by atoms with Crippen LogP contribution < -0.4 is 16.4 Å². The molecule has 4 N–H and O–H groups in total. The number of amides is 2. The van der Waals surface area contributed by atoms with Gasteiger partial charge in [-0.15, -0.1) is 0 Å². The van der Waals surface area contributed by atoms with Crippen LogP contribution >= 0.6 is 0 Å². The van der Waals surface area contributed by atoms with Crippen molar-refractivity contribution in [3.05, 3.63) is 29.6 Å². The lowest BCUT2D eigenvalue weighted by Gasteiger charge is -2.20. The standard InChI is InChI=1S/C14H20FN3O2/c1-14(2,3)18-12(19)6-7-17-13(20)10-8-9(16)4-5-11(10)15/h4-5,8H,6-7,16H2,1-3H3,(H,17,20)(H,18,19). The molecule has 0 saturated carbocycles. The number of carbonyl (C=O) groups excluding carboxylic acids is 2. The second-order valence-electron chi connectivity index (χ2n) is 5.54. The van der Waals surface area contributed by atoms with Crippen molar-refractivity contribution in [2.45, 2.75) is 32.7 Å². The molecule has 0 bridgehead atoms. The summed E-state index contributed by atoms with van der Waals surface area (Å²) >= 11 is 0. The Morgan fingerprint density at radius 2 is 1.95 bits per heavy atom. The predicted octanol–water partition coefficient (Wildman–Crippen LogP) is 1.44. The van der Waals surface area contributed by atoms with E-state index in [0.717, 1.165) is 6.07 Å². The molecule has 110 valence electrons. The summed E-state index contributed by atoms with van der Waals surface area (Å²) in [5.74, 6) is -1.40. The second kappa shape index (κ2) is 6.36. The largest absolute Gasteiger partial charge is 0.399 e. The van der Waals surface area contributed by atoms with E-state index in [1.807, 2.05) is 20.8 Å². The van der Waals surface area contributed by atoms with Crippen molar-refractivity contribution in [2.75, 3.05) is 12.3 Å². The van der Waals surface area contributed by atoms with Crippen molar-refractivity contribution >= 4 is 17.5 Å². The van der Waals surface area contributed by atoms with Crippen LogP contribution in [0.4, 0.5) is 10.1 Å². The first-order valence-electron chi connectivity index (χ1n) is 6.33. The third-order valence-electron chi connectivity index (χ3n) is 2.39. The summed E-state index contributed by atoms with van der Waals surface area (Å²) in [6.07, 6.45) is 0.132. The molecule has 20 heavy (non-hydrogen) atoms. The second-order valence-corrected chi connectivity index (χ2v) is 5.54. The number of nitrogens with one attached hydrogen (secondary N) is 2. The highest BCUT2D eigenvalue weighted by Gasteiger charge is 2.15. The van der Waals surface area contributed by atoms with E-state index in [1.54, 1.807) is 0 Å². The van der Waals surface area contributed by atoms with Crippen molar-refractivity contribution < 1.29 is 14.0 Å². The number of hydrogen-bond donors (Lipinski definition) is 3. The Balaban J connectivity index is 2.48. The smallest absolute Gasteiger partial charge is 0.254 e. The van der Waals surface area contributed by atoms with E-state index in [2.05, 4.69) is 10.6 Å². The summed E-state index contributed by atoms with van der Waals surface area (Å²) in [6.45, 7) is 5.73. The third-order valence-corrected chi connectivity index (χ3v) is 2.39. The Hall–Kier alpha value is -2.11. The van der Waals surface area contributed by atoms with Crippen LogP contribution in [-0.4, -0.2) is 23.9 Å². The Morgan fingerprint density at radius 3 is 2.55 bits per heavy atom. The monoisotopic (exact) mass is 281 g/mol. The molecular weight excluding hydrogens is 261 g/mol. The van der Waals surface area contributed by atoms with E-state index in [0.29, 0.717) is 5.69 Å². The number of hydrogen-bond acceptors (Lipinski definition) is 3. The number of benzene rings is 1. The van der Waals surface area contributed by atoms with Gasteiger partial charge in [-0.1, -0.05) is 0 Å². The van der Waals surface area contributed by atoms with Crippen LogP contribution in [-0.2, 0) is 4.79 Å². The summed E-state index contributed by atoms with van der Waals surface area (Å²) < 4.78 is 13.4. The molecule has 0 aromatic heterocycles. The van der Waals surface area contributed by atoms with Crippen LogP contribution in [0, 0.1) is 5.82 Å². The van der Waals surface area contributed by atoms with Crippen molar-refractivity contribution in [3.63, 3.8) is 0 Å². The average molecular weight is 281 g/mol. The number of rotatable bonds is 4. The Morgan fingerprint density at radius 1 is 1.30 bits per heavy atom. The number of nitrogens with two attached hydrogens (primary N) is 1. The highest BCUT2D eigenvalue weighted by molar-refractivity contribution is 5.95. The fourth-order valence-corrected chi connectivity index (χ4v) is 1.58. The quantitative estimate of drug-likeness (QED) is 0.730. The van der Waals surface area contributed by atoms with Gasteiger partial charge in [-0.05, 0) is 39.0 Å². The SMILES string of the molecule is CC(C)(C)NC(=O)CCNC(=O)c1cc(N)ccc1F. The van der Waals surface area contributed by atoms with Crippen molar-refractivity contribution in [1.29, 1.82) is 0 Å². The molecule has 1 rings (SSSR count). The predicted molar refractivity (Wildman–Crippen MR) is 75.7 cm³/mol. The van der Waals surface area contributed by atoms with Crippen LogP contribution in [0.2, 0.25) is 0 Å². The molecular formula is C14H20FN3O2. The summed E-state index contributed by atoms with van der Waals surface area (Å²) in [7, 11) is 0. The Kier molecular flexibility index (Phi) is 5.07. The van der Waals surface area contributed by atoms with Crippen LogP contribution in [0.15, 0.2) is 18.2 Å². The number of anilines is 1.